The highest BCUT2D eigenvalue weighted by Gasteiger charge is 2.43. The Labute approximate surface area is 186 Å². The lowest BCUT2D eigenvalue weighted by atomic mass is 9.99. The number of ether oxygens (including phenoxy) is 1. The minimum absolute atomic E-state index is 0.133. The van der Waals surface area contributed by atoms with Gasteiger partial charge in [0.2, 0.25) is 17.8 Å². The third-order valence-electron chi connectivity index (χ3n) is 6.62. The Morgan fingerprint density at radius 1 is 1.16 bits per heavy atom. The molecule has 0 spiro atoms. The van der Waals surface area contributed by atoms with Gasteiger partial charge in [-0.3, -0.25) is 9.69 Å². The molecule has 3 aliphatic heterocycles. The molecule has 170 valence electrons. The van der Waals surface area contributed by atoms with Gasteiger partial charge in [-0.2, -0.15) is 4.98 Å². The molecule has 3 aliphatic rings. The van der Waals surface area contributed by atoms with Gasteiger partial charge in [0.1, 0.15) is 5.82 Å². The minimum atomic E-state index is -0.293. The molecular weight excluding hydrogens is 410 g/mol. The first-order valence-electron chi connectivity index (χ1n) is 11.0. The molecule has 2 saturated heterocycles. The lowest BCUT2D eigenvalue weighted by Crippen LogP contribution is -2.49. The molecule has 0 unspecified atom stereocenters. The molecule has 11 heteroatoms. The lowest BCUT2D eigenvalue weighted by molar-refractivity contribution is -0.118. The number of anilines is 3. The van der Waals surface area contributed by atoms with Crippen LogP contribution < -0.4 is 21.3 Å². The summed E-state index contributed by atoms with van der Waals surface area (Å²) >= 11 is 0. The number of nitrogens with two attached hydrogens (primary N) is 2. The maximum absolute atomic E-state index is 11.4. The molecule has 0 aliphatic carbocycles. The van der Waals surface area contributed by atoms with E-state index in [1.807, 2.05) is 0 Å². The quantitative estimate of drug-likeness (QED) is 0.636. The second-order valence-electron chi connectivity index (χ2n) is 8.93. The summed E-state index contributed by atoms with van der Waals surface area (Å²) in [5.74, 6) is 1.60. The van der Waals surface area contributed by atoms with Crippen LogP contribution in [-0.4, -0.2) is 88.8 Å². The Morgan fingerprint density at radius 3 is 2.62 bits per heavy atom. The molecule has 0 radical (unpaired) electrons. The summed E-state index contributed by atoms with van der Waals surface area (Å²) in [5, 5.41) is 0. The van der Waals surface area contributed by atoms with Gasteiger partial charge in [-0.25, -0.2) is 15.0 Å². The van der Waals surface area contributed by atoms with Crippen molar-refractivity contribution in [1.82, 2.24) is 24.8 Å². The molecule has 2 fully saturated rings. The highest BCUT2D eigenvalue weighted by Crippen LogP contribution is 2.41. The first-order chi connectivity index (χ1) is 15.4. The van der Waals surface area contributed by atoms with Gasteiger partial charge >= 0.3 is 0 Å². The van der Waals surface area contributed by atoms with E-state index in [1.54, 1.807) is 12.4 Å². The standard InChI is InChI=1S/C21H29N9O2/c1-21(3-5-28(13-21)12-16(22)31)30-4-2-15-17(14-10-24-19(23)25-11-14)26-20(27-18(15)30)29-6-8-32-9-7-29/h10-11H,2-9,12-13H2,1H3,(H2,22,31)(H2,23,24,25)/t21-/m1/s1. The number of hydrogen-bond donors (Lipinski definition) is 2. The van der Waals surface area contributed by atoms with Gasteiger partial charge in [0.05, 0.1) is 31.0 Å². The normalized spacial score (nSPS) is 23.5. The molecular formula is C21H29N9O2. The van der Waals surface area contributed by atoms with E-state index in [4.69, 9.17) is 26.2 Å². The van der Waals surface area contributed by atoms with Gasteiger partial charge in [-0.15, -0.1) is 0 Å². The molecule has 0 saturated carbocycles. The Morgan fingerprint density at radius 2 is 1.91 bits per heavy atom. The predicted octanol–water partition coefficient (Wildman–Crippen LogP) is -0.335. The van der Waals surface area contributed by atoms with Crippen molar-refractivity contribution in [3.8, 4) is 11.3 Å². The number of aromatic nitrogens is 4. The molecule has 4 N–H and O–H groups in total. The summed E-state index contributed by atoms with van der Waals surface area (Å²) in [6.45, 7) is 7.80. The molecule has 11 nitrogen and oxygen atoms in total. The summed E-state index contributed by atoms with van der Waals surface area (Å²) in [5.41, 5.74) is 13.8. The fourth-order valence-electron chi connectivity index (χ4n) is 4.99. The number of hydrogen-bond acceptors (Lipinski definition) is 10. The Hall–Kier alpha value is -3.05. The van der Waals surface area contributed by atoms with E-state index in [-0.39, 0.29) is 23.9 Å². The number of nitrogen functional groups attached to an aromatic ring is 1. The van der Waals surface area contributed by atoms with Crippen molar-refractivity contribution < 1.29 is 9.53 Å². The molecule has 2 aromatic rings. The van der Waals surface area contributed by atoms with Crippen molar-refractivity contribution in [3.63, 3.8) is 0 Å². The average Bonchev–Trinajstić information content (AvgIpc) is 3.38. The molecule has 1 amide bonds. The van der Waals surface area contributed by atoms with E-state index < -0.39 is 0 Å². The van der Waals surface area contributed by atoms with Gasteiger partial charge in [0.15, 0.2) is 0 Å². The Kier molecular flexibility index (Phi) is 5.30. The lowest BCUT2D eigenvalue weighted by Gasteiger charge is -2.37. The van der Waals surface area contributed by atoms with Crippen molar-refractivity contribution in [3.05, 3.63) is 18.0 Å². The Balaban J connectivity index is 1.54. The van der Waals surface area contributed by atoms with Crippen LogP contribution >= 0.6 is 0 Å². The zero-order valence-electron chi connectivity index (χ0n) is 18.3. The van der Waals surface area contributed by atoms with Crippen LogP contribution in [0, 0.1) is 0 Å². The minimum Gasteiger partial charge on any atom is -0.378 e. The topological polar surface area (TPSA) is 140 Å². The molecule has 5 heterocycles. The number of carbonyl (C=O) groups is 1. The van der Waals surface area contributed by atoms with Crippen LogP contribution in [0.4, 0.5) is 17.7 Å². The van der Waals surface area contributed by atoms with Gasteiger partial charge < -0.3 is 26.0 Å². The third-order valence-corrected chi connectivity index (χ3v) is 6.62. The van der Waals surface area contributed by atoms with E-state index in [0.29, 0.717) is 19.2 Å². The van der Waals surface area contributed by atoms with E-state index >= 15 is 0 Å². The maximum Gasteiger partial charge on any atom is 0.231 e. The number of likely N-dealkylation sites (tertiary alicyclic amines) is 1. The molecule has 5 rings (SSSR count). The monoisotopic (exact) mass is 439 g/mol. The number of primary amides is 1. The van der Waals surface area contributed by atoms with Gasteiger partial charge in [0.25, 0.3) is 0 Å². The highest BCUT2D eigenvalue weighted by atomic mass is 16.5. The van der Waals surface area contributed by atoms with Crippen molar-refractivity contribution in [2.24, 2.45) is 5.73 Å². The highest BCUT2D eigenvalue weighted by molar-refractivity contribution is 5.76. The molecule has 32 heavy (non-hydrogen) atoms. The molecule has 2 aromatic heterocycles. The zero-order valence-corrected chi connectivity index (χ0v) is 18.3. The van der Waals surface area contributed by atoms with Crippen LogP contribution in [0.25, 0.3) is 11.3 Å². The van der Waals surface area contributed by atoms with Crippen molar-refractivity contribution >= 4 is 23.6 Å². The van der Waals surface area contributed by atoms with Crippen LogP contribution in [0.1, 0.15) is 18.9 Å². The number of carbonyl (C=O) groups excluding carboxylic acids is 1. The van der Waals surface area contributed by atoms with E-state index in [0.717, 1.165) is 68.2 Å². The van der Waals surface area contributed by atoms with E-state index in [2.05, 4.69) is 31.6 Å². The van der Waals surface area contributed by atoms with E-state index in [1.165, 1.54) is 0 Å². The number of amides is 1. The largest absolute Gasteiger partial charge is 0.378 e. The van der Waals surface area contributed by atoms with Crippen LogP contribution in [0.15, 0.2) is 12.4 Å². The number of nitrogens with zero attached hydrogens (tertiary/aromatic N) is 7. The summed E-state index contributed by atoms with van der Waals surface area (Å²) in [4.78, 5) is 36.5. The fourth-order valence-corrected chi connectivity index (χ4v) is 4.99. The van der Waals surface area contributed by atoms with Gasteiger partial charge in [-0.05, 0) is 19.8 Å². The third kappa shape index (κ3) is 3.82. The van der Waals surface area contributed by atoms with Crippen LogP contribution in [-0.2, 0) is 16.0 Å². The van der Waals surface area contributed by atoms with Crippen LogP contribution in [0.3, 0.4) is 0 Å². The van der Waals surface area contributed by atoms with Crippen molar-refractivity contribution in [1.29, 1.82) is 0 Å². The maximum atomic E-state index is 11.4. The number of morpholine rings is 1. The second kappa shape index (κ2) is 8.14. The van der Waals surface area contributed by atoms with Crippen molar-refractivity contribution in [2.45, 2.75) is 25.3 Å². The van der Waals surface area contributed by atoms with Gasteiger partial charge in [0, 0.05) is 56.2 Å². The second-order valence-corrected chi connectivity index (χ2v) is 8.93. The molecule has 0 bridgehead atoms. The van der Waals surface area contributed by atoms with E-state index in [9.17, 15) is 4.79 Å². The zero-order chi connectivity index (χ0) is 22.3. The SMILES string of the molecule is C[C@@]1(N2CCc3c(-c4cnc(N)nc4)nc(N4CCOCC4)nc32)CCN(CC(N)=O)C1. The smallest absolute Gasteiger partial charge is 0.231 e. The average molecular weight is 440 g/mol. The summed E-state index contributed by atoms with van der Waals surface area (Å²) in [6, 6.07) is 0. The summed E-state index contributed by atoms with van der Waals surface area (Å²) in [6.07, 6.45) is 5.23. The number of fused-ring (bicyclic) bond motifs is 1. The van der Waals surface area contributed by atoms with Crippen LogP contribution in [0.2, 0.25) is 0 Å². The summed E-state index contributed by atoms with van der Waals surface area (Å²) in [7, 11) is 0. The summed E-state index contributed by atoms with van der Waals surface area (Å²) < 4.78 is 5.52. The molecule has 1 atom stereocenters. The predicted molar refractivity (Wildman–Crippen MR) is 120 cm³/mol. The van der Waals surface area contributed by atoms with Gasteiger partial charge in [-0.1, -0.05) is 0 Å². The fraction of sp³-hybridized carbons (Fsp3) is 0.571. The van der Waals surface area contributed by atoms with Crippen LogP contribution in [0.5, 0.6) is 0 Å². The first kappa shape index (κ1) is 20.8. The Bertz CT molecular complexity index is 1010. The van der Waals surface area contributed by atoms with Crippen molar-refractivity contribution in [2.75, 3.05) is 68.0 Å². The first-order valence-corrected chi connectivity index (χ1v) is 11.0. The number of rotatable bonds is 5. The molecule has 0 aromatic carbocycles.